The van der Waals surface area contributed by atoms with Gasteiger partial charge in [-0.1, -0.05) is 121 Å². The summed E-state index contributed by atoms with van der Waals surface area (Å²) in [4.78, 5) is 0. The highest BCUT2D eigenvalue weighted by Crippen LogP contribution is 2.56. The van der Waals surface area contributed by atoms with Crippen LogP contribution in [0.3, 0.4) is 0 Å². The van der Waals surface area contributed by atoms with E-state index in [4.69, 9.17) is 33.2 Å². The fourth-order valence-electron chi connectivity index (χ4n) is 26.5. The molecule has 2 aromatic carbocycles. The molecule has 18 rings (SSSR count). The number of rotatable bonds is 2. The number of fused-ring (bicyclic) bond motifs is 18. The van der Waals surface area contributed by atoms with E-state index in [2.05, 4.69) is 122 Å². The predicted molar refractivity (Wildman–Crippen MR) is 334 cm³/mol. The Morgan fingerprint density at radius 3 is 1.00 bits per heavy atom. The van der Waals surface area contributed by atoms with Crippen LogP contribution < -0.4 is 53.2 Å². The minimum absolute atomic E-state index is 0.321. The molecule has 0 spiro atoms. The summed E-state index contributed by atoms with van der Waals surface area (Å²) < 4.78 is 0. The maximum atomic E-state index is 5.18. The molecule has 37 atom stereocenters. The average Bonchev–Trinajstić information content (AvgIpc) is 2.28. The Labute approximate surface area is 499 Å². The molecule has 37 unspecified atom stereocenters. The summed E-state index contributed by atoms with van der Waals surface area (Å²) in [6, 6.07) is 33.8. The molecule has 16 bridgehead atoms. The van der Waals surface area contributed by atoms with Gasteiger partial charge < -0.3 is 53.2 Å². The minimum Gasteiger partial charge on any atom is -0.310 e. The van der Waals surface area contributed by atoms with Crippen molar-refractivity contribution in [3.8, 4) is 0 Å². The summed E-state index contributed by atoms with van der Waals surface area (Å²) in [5.41, 5.74) is 4.56. The lowest BCUT2D eigenvalue weighted by atomic mass is 9.56. The third-order valence-corrected chi connectivity index (χ3v) is 30.3. The first-order valence-corrected chi connectivity index (χ1v) is 36.0. The molecule has 11 saturated heterocycles. The van der Waals surface area contributed by atoms with Crippen LogP contribution in [0.2, 0.25) is 0 Å². The van der Waals surface area contributed by atoms with Crippen molar-refractivity contribution in [3.63, 3.8) is 0 Å². The van der Waals surface area contributed by atoms with Crippen LogP contribution in [0, 0.1) is 88.8 Å². The van der Waals surface area contributed by atoms with E-state index < -0.39 is 0 Å². The van der Waals surface area contributed by atoms with Crippen molar-refractivity contribution < 1.29 is 0 Å². The van der Waals surface area contributed by atoms with Crippen LogP contribution in [-0.2, 0) is 0 Å². The van der Waals surface area contributed by atoms with Gasteiger partial charge in [0.05, 0.1) is 0 Å². The van der Waals surface area contributed by atoms with E-state index in [0.717, 1.165) is 17.8 Å². The lowest BCUT2D eigenvalue weighted by Crippen LogP contribution is -2.85. The summed E-state index contributed by atoms with van der Waals surface area (Å²) in [5, 5.41) is 47.2. The molecule has 0 amide bonds. The zero-order valence-electron chi connectivity index (χ0n) is 51.4. The van der Waals surface area contributed by atoms with E-state index >= 15 is 0 Å². The number of hydrogen-bond donors (Lipinski definition) is 10. The normalized spacial score (nSPS) is 58.0. The van der Waals surface area contributed by atoms with Gasteiger partial charge in [0.25, 0.3) is 0 Å². The summed E-state index contributed by atoms with van der Waals surface area (Å²) in [6.07, 6.45) is 23.0. The monoisotopic (exact) mass is 1120 g/mol. The standard InChI is InChI=1S/C73H108N10/c1-34-35(2)59-56(40-16-9-7-10-17-40)60-36(3)42-20-13-23-45(63(42)79-60)53-31-27-49-67(75-53)66-48(26-30-52(74-66)39(6)58(34)78-59)70-71(49)83-73-51-29-33-55-47-25-15-22-44-38(5)62(81-65(44)47)57(41-18-11-8-12-19-41)61-37(4)43-21-14-24-46(64(43)80-61)54-32-28-50(72(73)82-70)68(76-54)69(51)77-55/h7-12,16-19,34-38,42-83H,6,13-15,20-33H2,1-5H3. The van der Waals surface area contributed by atoms with Gasteiger partial charge in [0.15, 0.2) is 0 Å². The van der Waals surface area contributed by atoms with Crippen molar-refractivity contribution >= 4 is 0 Å². The first-order valence-electron chi connectivity index (χ1n) is 36.0. The van der Waals surface area contributed by atoms with Crippen LogP contribution in [0.1, 0.15) is 167 Å². The lowest BCUT2D eigenvalue weighted by molar-refractivity contribution is -0.0742. The van der Waals surface area contributed by atoms with Crippen LogP contribution in [0.5, 0.6) is 0 Å². The van der Waals surface area contributed by atoms with Crippen LogP contribution in [-0.4, -0.2) is 121 Å². The molecule has 11 aliphatic heterocycles. The summed E-state index contributed by atoms with van der Waals surface area (Å²) >= 11 is 0. The maximum Gasteiger partial charge on any atom is 0.0323 e. The number of hydrogen-bond acceptors (Lipinski definition) is 10. The molecule has 0 aromatic heterocycles. The SMILES string of the molecule is C=C1C2CCC3C(N2)C2NC(CCC2C2NC4C5CCC6NC5C5NC(CCC5C4NC32)C2CCCC3C(C)C(NC23)C(c2ccccc2)C2NC3C6CCCC3C2C)C2CCCC3C(C)C(NC23)C(c2ccccc2)C2NC1C(C)C2C. The lowest BCUT2D eigenvalue weighted by Gasteiger charge is -2.66. The van der Waals surface area contributed by atoms with Crippen molar-refractivity contribution in [2.75, 3.05) is 0 Å². The second-order valence-electron chi connectivity index (χ2n) is 32.9. The fraction of sp³-hybridized carbons (Fsp3) is 0.808. The summed E-state index contributed by atoms with van der Waals surface area (Å²) in [5.74, 6) is 10.9. The first-order chi connectivity index (χ1) is 40.6. The van der Waals surface area contributed by atoms with Gasteiger partial charge in [0.2, 0.25) is 0 Å². The van der Waals surface area contributed by atoms with Gasteiger partial charge in [0.1, 0.15) is 0 Å². The highest BCUT2D eigenvalue weighted by atomic mass is 15.3. The van der Waals surface area contributed by atoms with E-state index in [1.54, 1.807) is 5.56 Å². The number of piperazine rings is 1. The van der Waals surface area contributed by atoms with Crippen LogP contribution >= 0.6 is 0 Å². The van der Waals surface area contributed by atoms with Gasteiger partial charge >= 0.3 is 0 Å². The van der Waals surface area contributed by atoms with Crippen LogP contribution in [0.15, 0.2) is 72.8 Å². The number of piperidine rings is 4. The van der Waals surface area contributed by atoms with Gasteiger partial charge in [-0.2, -0.15) is 0 Å². The van der Waals surface area contributed by atoms with Gasteiger partial charge in [-0.3, -0.25) is 0 Å². The highest BCUT2D eigenvalue weighted by molar-refractivity contribution is 5.33. The zero-order valence-corrected chi connectivity index (χ0v) is 51.4. The molecule has 11 heterocycles. The minimum atomic E-state index is 0.321. The van der Waals surface area contributed by atoms with Crippen molar-refractivity contribution in [1.82, 2.24) is 53.2 Å². The first kappa shape index (κ1) is 53.8. The molecular formula is C73H108N10. The topological polar surface area (TPSA) is 120 Å². The zero-order chi connectivity index (χ0) is 55.3. The van der Waals surface area contributed by atoms with E-state index in [1.807, 2.05) is 0 Å². The molecule has 10 nitrogen and oxygen atoms in total. The summed E-state index contributed by atoms with van der Waals surface area (Å²) in [6.45, 7) is 18.4. The maximum absolute atomic E-state index is 5.18. The van der Waals surface area contributed by atoms with Gasteiger partial charge in [-0.25, -0.2) is 0 Å². The molecule has 2 aromatic rings. The average molecular weight is 1130 g/mol. The number of benzene rings is 2. The van der Waals surface area contributed by atoms with Crippen molar-refractivity contribution in [2.45, 2.75) is 276 Å². The van der Waals surface area contributed by atoms with Crippen molar-refractivity contribution in [2.24, 2.45) is 88.8 Å². The van der Waals surface area contributed by atoms with Crippen LogP contribution in [0.25, 0.3) is 0 Å². The quantitative estimate of drug-likeness (QED) is 0.134. The molecule has 10 N–H and O–H groups in total. The molecule has 5 saturated carbocycles. The molecule has 5 aliphatic carbocycles. The Bertz CT molecular complexity index is 2710. The molecule has 10 heteroatoms. The van der Waals surface area contributed by atoms with Gasteiger partial charge in [-0.15, -0.1) is 0 Å². The van der Waals surface area contributed by atoms with Crippen LogP contribution in [0.4, 0.5) is 0 Å². The Balaban J connectivity index is 0.686. The number of nitrogens with one attached hydrogen (secondary N) is 10. The second-order valence-corrected chi connectivity index (χ2v) is 32.9. The van der Waals surface area contributed by atoms with Crippen molar-refractivity contribution in [3.05, 3.63) is 83.9 Å². The molecule has 450 valence electrons. The van der Waals surface area contributed by atoms with E-state index in [9.17, 15) is 0 Å². The Hall–Kier alpha value is -2.22. The smallest absolute Gasteiger partial charge is 0.0323 e. The molecule has 16 fully saturated rings. The predicted octanol–water partition coefficient (Wildman–Crippen LogP) is 8.57. The van der Waals surface area contributed by atoms with E-state index in [1.165, 1.54) is 120 Å². The molecule has 16 aliphatic rings. The molecule has 0 radical (unpaired) electrons. The fourth-order valence-corrected chi connectivity index (χ4v) is 26.5. The Kier molecular flexibility index (Phi) is 13.4. The molecule has 83 heavy (non-hydrogen) atoms. The van der Waals surface area contributed by atoms with Gasteiger partial charge in [0, 0.05) is 133 Å². The highest BCUT2D eigenvalue weighted by Gasteiger charge is 2.65. The summed E-state index contributed by atoms with van der Waals surface area (Å²) in [7, 11) is 0. The van der Waals surface area contributed by atoms with Crippen molar-refractivity contribution in [1.29, 1.82) is 0 Å². The van der Waals surface area contributed by atoms with E-state index in [-0.39, 0.29) is 0 Å². The Morgan fingerprint density at radius 2 is 0.602 bits per heavy atom. The van der Waals surface area contributed by atoms with E-state index in [0.29, 0.717) is 204 Å². The molecular weight excluding hydrogens is 1020 g/mol. The Morgan fingerprint density at radius 1 is 0.277 bits per heavy atom. The largest absolute Gasteiger partial charge is 0.310 e. The third kappa shape index (κ3) is 8.12. The second kappa shape index (κ2) is 20.7. The van der Waals surface area contributed by atoms with Gasteiger partial charge in [-0.05, 0) is 195 Å². The third-order valence-electron chi connectivity index (χ3n) is 30.3.